The molecule has 1 aromatic carbocycles. The van der Waals surface area contributed by atoms with Gasteiger partial charge in [0.2, 0.25) is 0 Å². The molecule has 3 heteroatoms. The molecule has 2 atom stereocenters. The monoisotopic (exact) mass is 288 g/mol. The Morgan fingerprint density at radius 3 is 2.95 bits per heavy atom. The SMILES string of the molecule is CC1CC(NCc2cccc3c2OC(C)(C)C3)CCN1C. The van der Waals surface area contributed by atoms with Crippen molar-refractivity contribution in [1.82, 2.24) is 10.2 Å². The van der Waals surface area contributed by atoms with Crippen LogP contribution < -0.4 is 10.1 Å². The van der Waals surface area contributed by atoms with Gasteiger partial charge in [-0.25, -0.2) is 0 Å². The number of hydrogen-bond donors (Lipinski definition) is 1. The summed E-state index contributed by atoms with van der Waals surface area (Å²) in [4.78, 5) is 2.45. The number of para-hydroxylation sites is 1. The molecule has 2 unspecified atom stereocenters. The molecular weight excluding hydrogens is 260 g/mol. The van der Waals surface area contributed by atoms with Gasteiger partial charge in [0.15, 0.2) is 0 Å². The molecule has 0 spiro atoms. The molecule has 0 bridgehead atoms. The second kappa shape index (κ2) is 5.62. The lowest BCUT2D eigenvalue weighted by atomic mass is 9.98. The molecule has 0 aliphatic carbocycles. The van der Waals surface area contributed by atoms with Gasteiger partial charge in [0.1, 0.15) is 11.4 Å². The molecule has 116 valence electrons. The van der Waals surface area contributed by atoms with E-state index in [1.165, 1.54) is 30.5 Å². The second-order valence-electron chi connectivity index (χ2n) is 7.38. The van der Waals surface area contributed by atoms with Crippen molar-refractivity contribution >= 4 is 0 Å². The Bertz CT molecular complexity index is 512. The number of ether oxygens (including phenoxy) is 1. The summed E-state index contributed by atoms with van der Waals surface area (Å²) in [6.45, 7) is 8.76. The number of fused-ring (bicyclic) bond motifs is 1. The Morgan fingerprint density at radius 1 is 1.38 bits per heavy atom. The summed E-state index contributed by atoms with van der Waals surface area (Å²) >= 11 is 0. The predicted octanol–water partition coefficient (Wildman–Crippen LogP) is 2.97. The first-order valence-electron chi connectivity index (χ1n) is 8.18. The maximum absolute atomic E-state index is 6.16. The van der Waals surface area contributed by atoms with Crippen molar-refractivity contribution < 1.29 is 4.74 Å². The van der Waals surface area contributed by atoms with Crippen LogP contribution in [0, 0.1) is 0 Å². The van der Waals surface area contributed by atoms with E-state index < -0.39 is 0 Å². The van der Waals surface area contributed by atoms with Crippen molar-refractivity contribution in [2.75, 3.05) is 13.6 Å². The molecular formula is C18H28N2O. The van der Waals surface area contributed by atoms with Crippen molar-refractivity contribution in [3.63, 3.8) is 0 Å². The second-order valence-corrected chi connectivity index (χ2v) is 7.38. The van der Waals surface area contributed by atoms with Crippen LogP contribution in [0.2, 0.25) is 0 Å². The minimum atomic E-state index is -0.0551. The minimum absolute atomic E-state index is 0.0551. The van der Waals surface area contributed by atoms with E-state index in [-0.39, 0.29) is 5.60 Å². The maximum Gasteiger partial charge on any atom is 0.127 e. The van der Waals surface area contributed by atoms with Gasteiger partial charge >= 0.3 is 0 Å². The van der Waals surface area contributed by atoms with Crippen LogP contribution in [-0.4, -0.2) is 36.2 Å². The third-order valence-electron chi connectivity index (χ3n) is 4.96. The largest absolute Gasteiger partial charge is 0.487 e. The van der Waals surface area contributed by atoms with Crippen LogP contribution in [0.1, 0.15) is 44.7 Å². The fourth-order valence-corrected chi connectivity index (χ4v) is 3.55. The zero-order valence-corrected chi connectivity index (χ0v) is 13.8. The highest BCUT2D eigenvalue weighted by Crippen LogP contribution is 2.37. The average Bonchev–Trinajstić information content (AvgIpc) is 2.74. The van der Waals surface area contributed by atoms with Crippen molar-refractivity contribution in [2.45, 2.75) is 64.3 Å². The highest BCUT2D eigenvalue weighted by Gasteiger charge is 2.31. The molecule has 21 heavy (non-hydrogen) atoms. The average molecular weight is 288 g/mol. The fraction of sp³-hybridized carbons (Fsp3) is 0.667. The van der Waals surface area contributed by atoms with E-state index in [0.717, 1.165) is 18.7 Å². The lowest BCUT2D eigenvalue weighted by molar-refractivity contribution is 0.136. The van der Waals surface area contributed by atoms with Gasteiger partial charge in [0.25, 0.3) is 0 Å². The summed E-state index contributed by atoms with van der Waals surface area (Å²) in [5.41, 5.74) is 2.61. The smallest absolute Gasteiger partial charge is 0.127 e. The Balaban J connectivity index is 1.64. The summed E-state index contributed by atoms with van der Waals surface area (Å²) in [7, 11) is 2.22. The Morgan fingerprint density at radius 2 is 2.19 bits per heavy atom. The molecule has 2 heterocycles. The molecule has 2 aliphatic rings. The molecule has 2 aliphatic heterocycles. The van der Waals surface area contributed by atoms with E-state index in [0.29, 0.717) is 12.1 Å². The third-order valence-corrected chi connectivity index (χ3v) is 4.96. The molecule has 1 N–H and O–H groups in total. The van der Waals surface area contributed by atoms with Crippen LogP contribution in [0.25, 0.3) is 0 Å². The highest BCUT2D eigenvalue weighted by atomic mass is 16.5. The molecule has 0 saturated carbocycles. The number of likely N-dealkylation sites (tertiary alicyclic amines) is 1. The maximum atomic E-state index is 6.16. The van der Waals surface area contributed by atoms with Gasteiger partial charge in [0.05, 0.1) is 0 Å². The van der Waals surface area contributed by atoms with Crippen LogP contribution in [-0.2, 0) is 13.0 Å². The number of benzene rings is 1. The van der Waals surface area contributed by atoms with E-state index in [2.05, 4.69) is 56.2 Å². The molecule has 3 nitrogen and oxygen atoms in total. The van der Waals surface area contributed by atoms with Crippen molar-refractivity contribution in [3.05, 3.63) is 29.3 Å². The van der Waals surface area contributed by atoms with Crippen LogP contribution in [0.3, 0.4) is 0 Å². The van der Waals surface area contributed by atoms with Crippen molar-refractivity contribution in [2.24, 2.45) is 0 Å². The number of rotatable bonds is 3. The topological polar surface area (TPSA) is 24.5 Å². The summed E-state index contributed by atoms with van der Waals surface area (Å²) in [6, 6.07) is 7.86. The molecule has 1 aromatic rings. The van der Waals surface area contributed by atoms with Crippen LogP contribution in [0.15, 0.2) is 18.2 Å². The van der Waals surface area contributed by atoms with E-state index in [9.17, 15) is 0 Å². The number of hydrogen-bond acceptors (Lipinski definition) is 3. The summed E-state index contributed by atoms with van der Waals surface area (Å²) in [5, 5.41) is 3.74. The van der Waals surface area contributed by atoms with Gasteiger partial charge in [-0.15, -0.1) is 0 Å². The van der Waals surface area contributed by atoms with Gasteiger partial charge < -0.3 is 15.0 Å². The van der Waals surface area contributed by atoms with Crippen LogP contribution >= 0.6 is 0 Å². The molecule has 0 aromatic heterocycles. The Kier molecular flexibility index (Phi) is 3.98. The fourth-order valence-electron chi connectivity index (χ4n) is 3.55. The van der Waals surface area contributed by atoms with Gasteiger partial charge in [0, 0.05) is 30.6 Å². The summed E-state index contributed by atoms with van der Waals surface area (Å²) in [5.74, 6) is 1.12. The molecule has 0 radical (unpaired) electrons. The lowest BCUT2D eigenvalue weighted by Crippen LogP contribution is -2.45. The van der Waals surface area contributed by atoms with Gasteiger partial charge in [-0.05, 0) is 52.8 Å². The van der Waals surface area contributed by atoms with E-state index in [1.54, 1.807) is 0 Å². The Labute approximate surface area is 128 Å². The normalized spacial score (nSPS) is 28.2. The van der Waals surface area contributed by atoms with Crippen molar-refractivity contribution in [1.29, 1.82) is 0 Å². The number of piperidine rings is 1. The highest BCUT2D eigenvalue weighted by molar-refractivity contribution is 5.45. The van der Waals surface area contributed by atoms with Crippen LogP contribution in [0.5, 0.6) is 5.75 Å². The minimum Gasteiger partial charge on any atom is -0.487 e. The zero-order chi connectivity index (χ0) is 15.0. The van der Waals surface area contributed by atoms with Gasteiger partial charge in [-0.2, -0.15) is 0 Å². The lowest BCUT2D eigenvalue weighted by Gasteiger charge is -2.35. The zero-order valence-electron chi connectivity index (χ0n) is 13.8. The standard InChI is InChI=1S/C18H28N2O/c1-13-10-16(8-9-20(13)4)19-12-15-7-5-6-14-11-18(2,3)21-17(14)15/h5-7,13,16,19H,8-12H2,1-4H3. The molecule has 3 rings (SSSR count). The first kappa shape index (κ1) is 14.9. The first-order valence-corrected chi connectivity index (χ1v) is 8.18. The summed E-state index contributed by atoms with van der Waals surface area (Å²) in [6.07, 6.45) is 3.49. The third kappa shape index (κ3) is 3.24. The quantitative estimate of drug-likeness (QED) is 0.925. The first-order chi connectivity index (χ1) is 9.94. The predicted molar refractivity (Wildman–Crippen MR) is 86.8 cm³/mol. The number of nitrogens with zero attached hydrogens (tertiary/aromatic N) is 1. The molecule has 1 saturated heterocycles. The molecule has 0 amide bonds. The number of nitrogens with one attached hydrogen (secondary N) is 1. The van der Waals surface area contributed by atoms with Gasteiger partial charge in [-0.3, -0.25) is 0 Å². The summed E-state index contributed by atoms with van der Waals surface area (Å²) < 4.78 is 6.16. The van der Waals surface area contributed by atoms with E-state index in [4.69, 9.17) is 4.74 Å². The van der Waals surface area contributed by atoms with Gasteiger partial charge in [-0.1, -0.05) is 18.2 Å². The Hall–Kier alpha value is -1.06. The molecule has 1 fully saturated rings. The van der Waals surface area contributed by atoms with Crippen LogP contribution in [0.4, 0.5) is 0 Å². The van der Waals surface area contributed by atoms with E-state index >= 15 is 0 Å². The van der Waals surface area contributed by atoms with Crippen molar-refractivity contribution in [3.8, 4) is 5.75 Å². The van der Waals surface area contributed by atoms with E-state index in [1.807, 2.05) is 0 Å².